The molecular weight excluding hydrogens is 172 g/mol. The van der Waals surface area contributed by atoms with Crippen LogP contribution in [0.5, 0.6) is 0 Å². The minimum absolute atomic E-state index is 0.439. The molecule has 1 N–H and O–H groups in total. The van der Waals surface area contributed by atoms with Gasteiger partial charge in [-0.3, -0.25) is 0 Å². The van der Waals surface area contributed by atoms with Gasteiger partial charge in [0.2, 0.25) is 0 Å². The third-order valence-corrected chi connectivity index (χ3v) is 2.95. The maximum Gasteiger partial charge on any atom is 0.0443 e. The van der Waals surface area contributed by atoms with Crippen molar-refractivity contribution >= 4 is 0 Å². The van der Waals surface area contributed by atoms with Crippen LogP contribution in [0.2, 0.25) is 0 Å². The summed E-state index contributed by atoms with van der Waals surface area (Å²) in [5.74, 6) is 0.755. The number of aromatic nitrogens is 1. The van der Waals surface area contributed by atoms with Crippen molar-refractivity contribution in [3.8, 4) is 0 Å². The van der Waals surface area contributed by atoms with Crippen LogP contribution in [0.1, 0.15) is 38.9 Å². The van der Waals surface area contributed by atoms with Crippen molar-refractivity contribution < 1.29 is 0 Å². The third-order valence-electron chi connectivity index (χ3n) is 2.95. The summed E-state index contributed by atoms with van der Waals surface area (Å²) in [6.07, 6.45) is 3.42. The second-order valence-corrected chi connectivity index (χ2v) is 4.11. The normalized spacial score (nSPS) is 15.4. The molecule has 0 saturated carbocycles. The Morgan fingerprint density at radius 1 is 1.43 bits per heavy atom. The molecule has 0 radical (unpaired) electrons. The molecule has 0 spiro atoms. The molecule has 0 aliphatic heterocycles. The molecule has 0 aliphatic carbocycles. The summed E-state index contributed by atoms with van der Waals surface area (Å²) < 4.78 is 2.36. The molecule has 0 aromatic carbocycles. The fraction of sp³-hybridized carbons (Fsp3) is 0.667. The van der Waals surface area contributed by atoms with E-state index in [-0.39, 0.29) is 0 Å². The third kappa shape index (κ3) is 2.61. The van der Waals surface area contributed by atoms with Crippen LogP contribution in [0.25, 0.3) is 0 Å². The maximum absolute atomic E-state index is 3.28. The van der Waals surface area contributed by atoms with E-state index in [9.17, 15) is 0 Å². The quantitative estimate of drug-likeness (QED) is 0.762. The lowest BCUT2D eigenvalue weighted by Crippen LogP contribution is -2.18. The van der Waals surface area contributed by atoms with Gasteiger partial charge in [-0.2, -0.15) is 0 Å². The molecular formula is C12H22N2. The molecule has 1 aromatic heterocycles. The Balaban J connectivity index is 2.72. The molecule has 2 nitrogen and oxygen atoms in total. The van der Waals surface area contributed by atoms with Crippen molar-refractivity contribution in [3.05, 3.63) is 24.0 Å². The van der Waals surface area contributed by atoms with Gasteiger partial charge < -0.3 is 9.88 Å². The highest BCUT2D eigenvalue weighted by molar-refractivity contribution is 5.11. The molecule has 0 fully saturated rings. The van der Waals surface area contributed by atoms with E-state index in [0.29, 0.717) is 6.04 Å². The van der Waals surface area contributed by atoms with Crippen molar-refractivity contribution in [1.29, 1.82) is 0 Å². The van der Waals surface area contributed by atoms with E-state index in [0.717, 1.165) is 12.5 Å². The van der Waals surface area contributed by atoms with Gasteiger partial charge in [0, 0.05) is 24.5 Å². The van der Waals surface area contributed by atoms with Gasteiger partial charge in [-0.1, -0.05) is 20.3 Å². The first-order chi connectivity index (χ1) is 6.69. The zero-order valence-electron chi connectivity index (χ0n) is 9.75. The van der Waals surface area contributed by atoms with E-state index in [1.54, 1.807) is 0 Å². The molecule has 2 atom stereocenters. The highest BCUT2D eigenvalue weighted by Gasteiger charge is 2.09. The van der Waals surface area contributed by atoms with Crippen LogP contribution in [-0.2, 0) is 6.54 Å². The lowest BCUT2D eigenvalue weighted by molar-refractivity contribution is 0.447. The minimum Gasteiger partial charge on any atom is -0.350 e. The van der Waals surface area contributed by atoms with Crippen LogP contribution in [0.4, 0.5) is 0 Å². The first-order valence-electron chi connectivity index (χ1n) is 5.51. The van der Waals surface area contributed by atoms with Gasteiger partial charge in [0.1, 0.15) is 0 Å². The fourth-order valence-electron chi connectivity index (χ4n) is 1.60. The molecule has 2 unspecified atom stereocenters. The van der Waals surface area contributed by atoms with Crippen molar-refractivity contribution in [2.45, 2.75) is 39.8 Å². The first kappa shape index (κ1) is 11.3. The fourth-order valence-corrected chi connectivity index (χ4v) is 1.60. The van der Waals surface area contributed by atoms with Crippen LogP contribution in [0.15, 0.2) is 18.3 Å². The number of rotatable bonds is 5. The number of nitrogens with one attached hydrogen (secondary N) is 1. The average molecular weight is 194 g/mol. The topological polar surface area (TPSA) is 17.0 Å². The number of hydrogen-bond acceptors (Lipinski definition) is 1. The predicted molar refractivity (Wildman–Crippen MR) is 61.4 cm³/mol. The molecule has 0 amide bonds. The Hall–Kier alpha value is -0.760. The zero-order valence-corrected chi connectivity index (χ0v) is 9.75. The van der Waals surface area contributed by atoms with Crippen LogP contribution >= 0.6 is 0 Å². The standard InChI is InChI=1S/C12H22N2/c1-5-10(2)9-14-8-6-7-12(14)11(3)13-4/h6-8,10-11,13H,5,9H2,1-4H3. The summed E-state index contributed by atoms with van der Waals surface area (Å²) in [5, 5.41) is 3.28. The summed E-state index contributed by atoms with van der Waals surface area (Å²) in [6.45, 7) is 7.87. The van der Waals surface area contributed by atoms with E-state index in [2.05, 4.69) is 49.0 Å². The minimum atomic E-state index is 0.439. The monoisotopic (exact) mass is 194 g/mol. The van der Waals surface area contributed by atoms with Crippen molar-refractivity contribution in [1.82, 2.24) is 9.88 Å². The second-order valence-electron chi connectivity index (χ2n) is 4.11. The van der Waals surface area contributed by atoms with Gasteiger partial charge >= 0.3 is 0 Å². The summed E-state index contributed by atoms with van der Waals surface area (Å²) in [4.78, 5) is 0. The van der Waals surface area contributed by atoms with Gasteiger partial charge in [-0.25, -0.2) is 0 Å². The molecule has 0 saturated heterocycles. The van der Waals surface area contributed by atoms with Gasteiger partial charge in [-0.05, 0) is 32.0 Å². The number of nitrogens with zero attached hydrogens (tertiary/aromatic N) is 1. The smallest absolute Gasteiger partial charge is 0.0443 e. The summed E-state index contributed by atoms with van der Waals surface area (Å²) in [5.41, 5.74) is 1.38. The van der Waals surface area contributed by atoms with Crippen LogP contribution in [0.3, 0.4) is 0 Å². The average Bonchev–Trinajstić information content (AvgIpc) is 2.64. The molecule has 0 aliphatic rings. The lowest BCUT2D eigenvalue weighted by atomic mass is 10.1. The van der Waals surface area contributed by atoms with E-state index in [1.165, 1.54) is 12.1 Å². The maximum atomic E-state index is 3.28. The molecule has 1 aromatic rings. The number of hydrogen-bond donors (Lipinski definition) is 1. The van der Waals surface area contributed by atoms with Crippen LogP contribution in [0, 0.1) is 5.92 Å². The largest absolute Gasteiger partial charge is 0.350 e. The van der Waals surface area contributed by atoms with E-state index >= 15 is 0 Å². The van der Waals surface area contributed by atoms with Gasteiger partial charge in [0.25, 0.3) is 0 Å². The van der Waals surface area contributed by atoms with Crippen LogP contribution < -0.4 is 5.32 Å². The van der Waals surface area contributed by atoms with Crippen molar-refractivity contribution in [2.24, 2.45) is 5.92 Å². The second kappa shape index (κ2) is 5.20. The van der Waals surface area contributed by atoms with E-state index in [4.69, 9.17) is 0 Å². The zero-order chi connectivity index (χ0) is 10.6. The Kier molecular flexibility index (Phi) is 4.21. The van der Waals surface area contributed by atoms with E-state index in [1.807, 2.05) is 7.05 Å². The summed E-state index contributed by atoms with van der Waals surface area (Å²) in [6, 6.07) is 4.77. The van der Waals surface area contributed by atoms with Crippen LogP contribution in [-0.4, -0.2) is 11.6 Å². The molecule has 80 valence electrons. The Morgan fingerprint density at radius 2 is 2.14 bits per heavy atom. The molecule has 0 bridgehead atoms. The van der Waals surface area contributed by atoms with Crippen molar-refractivity contribution in [2.75, 3.05) is 7.05 Å². The highest BCUT2D eigenvalue weighted by Crippen LogP contribution is 2.15. The Bertz CT molecular complexity index is 265. The van der Waals surface area contributed by atoms with Crippen molar-refractivity contribution in [3.63, 3.8) is 0 Å². The SMILES string of the molecule is CCC(C)Cn1cccc1C(C)NC. The molecule has 1 heterocycles. The Morgan fingerprint density at radius 3 is 2.71 bits per heavy atom. The summed E-state index contributed by atoms with van der Waals surface area (Å²) >= 11 is 0. The van der Waals surface area contributed by atoms with E-state index < -0.39 is 0 Å². The van der Waals surface area contributed by atoms with Gasteiger partial charge in [0.05, 0.1) is 0 Å². The predicted octanol–water partition coefficient (Wildman–Crippen LogP) is 2.81. The highest BCUT2D eigenvalue weighted by atomic mass is 15.0. The Labute approximate surface area is 87.3 Å². The van der Waals surface area contributed by atoms with Gasteiger partial charge in [-0.15, -0.1) is 0 Å². The van der Waals surface area contributed by atoms with Gasteiger partial charge in [0.15, 0.2) is 0 Å². The first-order valence-corrected chi connectivity index (χ1v) is 5.51. The lowest BCUT2D eigenvalue weighted by Gasteiger charge is -2.17. The molecule has 2 heteroatoms. The summed E-state index contributed by atoms with van der Waals surface area (Å²) in [7, 11) is 2.01. The molecule has 14 heavy (non-hydrogen) atoms. The molecule has 1 rings (SSSR count).